The van der Waals surface area contributed by atoms with Crippen LogP contribution in [0, 0.1) is 10.1 Å². The van der Waals surface area contributed by atoms with Gasteiger partial charge in [-0.05, 0) is 12.5 Å². The Kier molecular flexibility index (Phi) is 3.24. The maximum absolute atomic E-state index is 12.9. The first-order chi connectivity index (χ1) is 10.4. The minimum absolute atomic E-state index is 0.199. The van der Waals surface area contributed by atoms with Crippen molar-refractivity contribution < 1.29 is 13.3 Å². The van der Waals surface area contributed by atoms with Gasteiger partial charge in [-0.15, -0.1) is 0 Å². The van der Waals surface area contributed by atoms with E-state index in [2.05, 4.69) is 5.10 Å². The van der Waals surface area contributed by atoms with Crippen LogP contribution in [0.4, 0.5) is 17.2 Å². The molecule has 0 atom stereocenters. The van der Waals surface area contributed by atoms with E-state index in [1.165, 1.54) is 29.1 Å². The number of aromatic nitrogens is 2. The van der Waals surface area contributed by atoms with E-state index in [1.54, 1.807) is 0 Å². The molecule has 1 aromatic carbocycles. The molecule has 1 aliphatic rings. The molecule has 116 valence electrons. The maximum atomic E-state index is 12.9. The molecule has 0 bridgehead atoms. The van der Waals surface area contributed by atoms with Gasteiger partial charge >= 0.3 is 0 Å². The standard InChI is InChI=1S/C12H13N5O4S/c13-9-8-14-15-6-3-7-16(12(9)15)22(20,21)11-5-2-1-4-10(11)17(18)19/h1-2,4-5,8H,3,6-7,13H2. The normalized spacial score (nSPS) is 14.6. The molecule has 0 aliphatic carbocycles. The molecule has 2 heterocycles. The zero-order valence-corrected chi connectivity index (χ0v) is 12.2. The molecule has 1 aliphatic heterocycles. The predicted molar refractivity (Wildman–Crippen MR) is 78.9 cm³/mol. The SMILES string of the molecule is Nc1cnn2c1N(S(=O)(=O)c1ccccc1[N+](=O)[O-])CCC2. The summed E-state index contributed by atoms with van der Waals surface area (Å²) in [6.07, 6.45) is 1.93. The van der Waals surface area contributed by atoms with Gasteiger partial charge < -0.3 is 5.73 Å². The summed E-state index contributed by atoms with van der Waals surface area (Å²) >= 11 is 0. The second-order valence-corrected chi connectivity index (χ2v) is 6.63. The number of nitrogens with zero attached hydrogens (tertiary/aromatic N) is 4. The van der Waals surface area contributed by atoms with Crippen molar-refractivity contribution in [3.05, 3.63) is 40.6 Å². The smallest absolute Gasteiger partial charge is 0.289 e. The third-order valence-corrected chi connectivity index (χ3v) is 5.27. The largest absolute Gasteiger partial charge is 0.394 e. The van der Waals surface area contributed by atoms with Gasteiger partial charge in [0.1, 0.15) is 0 Å². The first-order valence-electron chi connectivity index (χ1n) is 6.50. The monoisotopic (exact) mass is 323 g/mol. The van der Waals surface area contributed by atoms with Crippen molar-refractivity contribution in [2.75, 3.05) is 16.6 Å². The van der Waals surface area contributed by atoms with Gasteiger partial charge in [-0.2, -0.15) is 5.10 Å². The van der Waals surface area contributed by atoms with Crippen LogP contribution in [0.3, 0.4) is 0 Å². The zero-order valence-electron chi connectivity index (χ0n) is 11.4. The quantitative estimate of drug-likeness (QED) is 0.663. The number of hydrogen-bond acceptors (Lipinski definition) is 6. The van der Waals surface area contributed by atoms with Gasteiger partial charge in [0.25, 0.3) is 15.7 Å². The Balaban J connectivity index is 2.17. The van der Waals surface area contributed by atoms with Crippen LogP contribution in [0.5, 0.6) is 0 Å². The molecule has 2 N–H and O–H groups in total. The Morgan fingerprint density at radius 2 is 2.00 bits per heavy atom. The average molecular weight is 323 g/mol. The maximum Gasteiger partial charge on any atom is 0.289 e. The Bertz CT molecular complexity index is 845. The van der Waals surface area contributed by atoms with Crippen molar-refractivity contribution in [2.45, 2.75) is 17.9 Å². The van der Waals surface area contributed by atoms with E-state index < -0.39 is 20.6 Å². The lowest BCUT2D eigenvalue weighted by Gasteiger charge is -2.29. The number of nitrogens with two attached hydrogens (primary N) is 1. The number of sulfonamides is 1. The van der Waals surface area contributed by atoms with Crippen molar-refractivity contribution in [3.63, 3.8) is 0 Å². The Labute approximate surface area is 126 Å². The average Bonchev–Trinajstić information content (AvgIpc) is 2.89. The van der Waals surface area contributed by atoms with Gasteiger partial charge in [-0.3, -0.25) is 10.1 Å². The molecule has 10 heteroatoms. The summed E-state index contributed by atoms with van der Waals surface area (Å²) in [5, 5.41) is 15.1. The highest BCUT2D eigenvalue weighted by Crippen LogP contribution is 2.34. The number of rotatable bonds is 3. The highest BCUT2D eigenvalue weighted by molar-refractivity contribution is 7.93. The topological polar surface area (TPSA) is 124 Å². The van der Waals surface area contributed by atoms with E-state index >= 15 is 0 Å². The van der Waals surface area contributed by atoms with Crippen molar-refractivity contribution >= 4 is 27.2 Å². The van der Waals surface area contributed by atoms with Gasteiger partial charge in [-0.25, -0.2) is 17.4 Å². The number of fused-ring (bicyclic) bond motifs is 1. The van der Waals surface area contributed by atoms with Crippen molar-refractivity contribution in [1.29, 1.82) is 0 Å². The molecular formula is C12H13N5O4S. The second-order valence-electron chi connectivity index (χ2n) is 4.80. The Morgan fingerprint density at radius 3 is 2.73 bits per heavy atom. The zero-order chi connectivity index (χ0) is 15.9. The van der Waals surface area contributed by atoms with Crippen molar-refractivity contribution in [3.8, 4) is 0 Å². The lowest BCUT2D eigenvalue weighted by molar-refractivity contribution is -0.387. The Morgan fingerprint density at radius 1 is 1.27 bits per heavy atom. The van der Waals surface area contributed by atoms with Gasteiger partial charge in [-0.1, -0.05) is 12.1 Å². The summed E-state index contributed by atoms with van der Waals surface area (Å²) in [4.78, 5) is 10.0. The van der Waals surface area contributed by atoms with Crippen LogP contribution in [0.25, 0.3) is 0 Å². The molecule has 0 amide bonds. The number of aryl methyl sites for hydroxylation is 1. The lowest BCUT2D eigenvalue weighted by Crippen LogP contribution is -2.38. The molecule has 0 radical (unpaired) electrons. The van der Waals surface area contributed by atoms with Gasteiger partial charge in [0.2, 0.25) is 0 Å². The van der Waals surface area contributed by atoms with E-state index in [0.29, 0.717) is 13.0 Å². The fraction of sp³-hybridized carbons (Fsp3) is 0.250. The summed E-state index contributed by atoms with van der Waals surface area (Å²) in [5.74, 6) is 0.254. The number of benzene rings is 1. The second kappa shape index (κ2) is 4.98. The van der Waals surface area contributed by atoms with E-state index in [-0.39, 0.29) is 22.9 Å². The van der Waals surface area contributed by atoms with Crippen LogP contribution in [-0.2, 0) is 16.6 Å². The molecule has 0 fully saturated rings. The summed E-state index contributed by atoms with van der Waals surface area (Å²) < 4.78 is 28.3. The fourth-order valence-corrected chi connectivity index (χ4v) is 4.17. The molecule has 2 aromatic rings. The van der Waals surface area contributed by atoms with Crippen LogP contribution < -0.4 is 10.0 Å². The molecule has 1 aromatic heterocycles. The summed E-state index contributed by atoms with van der Waals surface area (Å²) in [6.45, 7) is 0.750. The highest BCUT2D eigenvalue weighted by atomic mass is 32.2. The minimum Gasteiger partial charge on any atom is -0.394 e. The number of anilines is 2. The number of nitrogen functional groups attached to an aromatic ring is 1. The van der Waals surface area contributed by atoms with E-state index in [9.17, 15) is 18.5 Å². The third-order valence-electron chi connectivity index (χ3n) is 3.44. The Hall–Kier alpha value is -2.62. The third kappa shape index (κ3) is 2.08. The number of nitro groups is 1. The van der Waals surface area contributed by atoms with Crippen molar-refractivity contribution in [2.24, 2.45) is 0 Å². The number of nitro benzene ring substituents is 1. The molecule has 22 heavy (non-hydrogen) atoms. The minimum atomic E-state index is -4.09. The van der Waals surface area contributed by atoms with E-state index in [1.807, 2.05) is 0 Å². The molecule has 0 saturated heterocycles. The molecular weight excluding hydrogens is 310 g/mol. The van der Waals surface area contributed by atoms with E-state index in [0.717, 1.165) is 10.4 Å². The van der Waals surface area contributed by atoms with Gasteiger partial charge in [0.15, 0.2) is 10.7 Å². The number of para-hydroxylation sites is 1. The van der Waals surface area contributed by atoms with Gasteiger partial charge in [0, 0.05) is 19.2 Å². The first kappa shape index (κ1) is 14.3. The van der Waals surface area contributed by atoms with Crippen LogP contribution in [0.15, 0.2) is 35.4 Å². The van der Waals surface area contributed by atoms with Crippen LogP contribution in [-0.4, -0.2) is 29.7 Å². The highest BCUT2D eigenvalue weighted by Gasteiger charge is 2.35. The molecule has 3 rings (SSSR count). The van der Waals surface area contributed by atoms with Crippen LogP contribution >= 0.6 is 0 Å². The lowest BCUT2D eigenvalue weighted by atomic mass is 10.3. The van der Waals surface area contributed by atoms with E-state index in [4.69, 9.17) is 5.73 Å². The molecule has 9 nitrogen and oxygen atoms in total. The fourth-order valence-electron chi connectivity index (χ4n) is 2.48. The predicted octanol–water partition coefficient (Wildman–Crippen LogP) is 0.972. The molecule has 0 saturated carbocycles. The van der Waals surface area contributed by atoms with Crippen molar-refractivity contribution in [1.82, 2.24) is 9.78 Å². The summed E-state index contributed by atoms with van der Waals surface area (Å²) in [6, 6.07) is 5.26. The van der Waals surface area contributed by atoms with Gasteiger partial charge in [0.05, 0.1) is 16.8 Å². The van der Waals surface area contributed by atoms with Crippen LogP contribution in [0.1, 0.15) is 6.42 Å². The molecule has 0 unspecified atom stereocenters. The molecule has 0 spiro atoms. The number of hydrogen-bond donors (Lipinski definition) is 1. The summed E-state index contributed by atoms with van der Waals surface area (Å²) in [5.41, 5.74) is 5.56. The first-order valence-corrected chi connectivity index (χ1v) is 7.94. The van der Waals surface area contributed by atoms with Crippen LogP contribution in [0.2, 0.25) is 0 Å². The summed E-state index contributed by atoms with van der Waals surface area (Å²) in [7, 11) is -4.09.